The number of halogens is 3. The molecule has 3 aromatic rings. The Hall–Kier alpha value is -4.33. The van der Waals surface area contributed by atoms with Gasteiger partial charge in [-0.1, -0.05) is 18.2 Å². The van der Waals surface area contributed by atoms with Gasteiger partial charge in [-0.2, -0.15) is 13.2 Å². The minimum atomic E-state index is -4.64. The number of hydrazine groups is 1. The zero-order valence-corrected chi connectivity index (χ0v) is 20.5. The van der Waals surface area contributed by atoms with Gasteiger partial charge < -0.3 is 10.2 Å². The number of urea groups is 1. The summed E-state index contributed by atoms with van der Waals surface area (Å²) in [4.78, 5) is 30.7. The van der Waals surface area contributed by atoms with Crippen molar-refractivity contribution in [3.63, 3.8) is 0 Å². The van der Waals surface area contributed by atoms with Gasteiger partial charge in [-0.3, -0.25) is 14.9 Å². The van der Waals surface area contributed by atoms with Crippen LogP contribution in [0.4, 0.5) is 29.5 Å². The number of pyridine rings is 1. The molecule has 4 rings (SSSR count). The third-order valence-corrected chi connectivity index (χ3v) is 7.01. The lowest BCUT2D eigenvalue weighted by atomic mass is 10.2. The average Bonchev–Trinajstić information content (AvgIpc) is 3.36. The second-order valence-corrected chi connectivity index (χ2v) is 10.1. The summed E-state index contributed by atoms with van der Waals surface area (Å²) in [5, 5.41) is 2.74. The van der Waals surface area contributed by atoms with Crippen LogP contribution in [0.3, 0.4) is 0 Å². The Morgan fingerprint density at radius 2 is 1.76 bits per heavy atom. The third kappa shape index (κ3) is 6.70. The average molecular weight is 549 g/mol. The van der Waals surface area contributed by atoms with E-state index < -0.39 is 33.7 Å². The van der Waals surface area contributed by atoms with Crippen molar-refractivity contribution in [2.75, 3.05) is 22.7 Å². The van der Waals surface area contributed by atoms with Crippen molar-refractivity contribution in [1.82, 2.24) is 21.2 Å². The molecule has 0 saturated carbocycles. The van der Waals surface area contributed by atoms with Gasteiger partial charge in [0.05, 0.1) is 10.5 Å². The molecule has 1 fully saturated rings. The molecule has 0 bridgehead atoms. The molecule has 1 aliphatic heterocycles. The number of anilines is 2. The van der Waals surface area contributed by atoms with Crippen LogP contribution < -0.4 is 25.8 Å². The number of amides is 3. The van der Waals surface area contributed by atoms with Gasteiger partial charge in [0.25, 0.3) is 15.9 Å². The summed E-state index contributed by atoms with van der Waals surface area (Å²) in [7, 11) is -4.31. The predicted octanol–water partition coefficient (Wildman–Crippen LogP) is 3.12. The molecule has 200 valence electrons. The Morgan fingerprint density at radius 1 is 0.974 bits per heavy atom. The number of hydrogen-bond donors (Lipinski definition) is 4. The Kier molecular flexibility index (Phi) is 7.71. The molecule has 1 saturated heterocycles. The number of carbonyl (C=O) groups excluding carboxylic acids is 2. The first-order chi connectivity index (χ1) is 18.0. The number of aromatic nitrogens is 1. The van der Waals surface area contributed by atoms with E-state index in [4.69, 9.17) is 0 Å². The van der Waals surface area contributed by atoms with Gasteiger partial charge in [-0.05, 0) is 55.0 Å². The number of hydrogen-bond acceptors (Lipinski definition) is 6. The molecule has 38 heavy (non-hydrogen) atoms. The lowest BCUT2D eigenvalue weighted by Gasteiger charge is -2.18. The molecule has 14 heteroatoms. The SMILES string of the molecule is O=C(NNC(=O)c1cccc(S(=O)(=O)Nc2cccc(C(F)(F)F)c2)c1)NC1CCN(c2ccccn2)C1. The standard InChI is InChI=1S/C24H23F3N6O4S/c25-24(26,27)17-6-4-7-18(14-17)32-38(36,37)20-8-3-5-16(13-20)22(34)30-31-23(35)29-19-10-12-33(15-19)21-9-1-2-11-28-21/h1-9,11,13-14,19,32H,10,12,15H2,(H,30,34)(H2,29,31,35). The lowest BCUT2D eigenvalue weighted by molar-refractivity contribution is -0.137. The fourth-order valence-electron chi connectivity index (χ4n) is 3.81. The van der Waals surface area contributed by atoms with Crippen molar-refractivity contribution in [3.05, 3.63) is 84.1 Å². The van der Waals surface area contributed by atoms with Gasteiger partial charge in [-0.15, -0.1) is 0 Å². The van der Waals surface area contributed by atoms with E-state index >= 15 is 0 Å². The predicted molar refractivity (Wildman–Crippen MR) is 133 cm³/mol. The maximum absolute atomic E-state index is 12.9. The van der Waals surface area contributed by atoms with Crippen LogP contribution in [0.15, 0.2) is 77.8 Å². The topological polar surface area (TPSA) is 133 Å². The summed E-state index contributed by atoms with van der Waals surface area (Å²) < 4.78 is 66.3. The molecule has 4 N–H and O–H groups in total. The number of nitrogens with one attached hydrogen (secondary N) is 4. The smallest absolute Gasteiger partial charge is 0.354 e. The van der Waals surface area contributed by atoms with Gasteiger partial charge in [0.1, 0.15) is 5.82 Å². The van der Waals surface area contributed by atoms with E-state index in [2.05, 4.69) is 25.9 Å². The summed E-state index contributed by atoms with van der Waals surface area (Å²) in [6.45, 7) is 1.24. The van der Waals surface area contributed by atoms with Crippen molar-refractivity contribution in [1.29, 1.82) is 0 Å². The van der Waals surface area contributed by atoms with Gasteiger partial charge in [-0.25, -0.2) is 23.6 Å². The number of alkyl halides is 3. The number of carbonyl (C=O) groups is 2. The Labute approximate surface area is 216 Å². The first kappa shape index (κ1) is 26.7. The maximum Gasteiger partial charge on any atom is 0.416 e. The number of benzene rings is 2. The van der Waals surface area contributed by atoms with E-state index in [-0.39, 0.29) is 22.2 Å². The molecule has 10 nitrogen and oxygen atoms in total. The van der Waals surface area contributed by atoms with Crippen LogP contribution >= 0.6 is 0 Å². The Morgan fingerprint density at radius 3 is 2.50 bits per heavy atom. The summed E-state index contributed by atoms with van der Waals surface area (Å²) in [5.74, 6) is 0.000643. The van der Waals surface area contributed by atoms with E-state index in [9.17, 15) is 31.2 Å². The van der Waals surface area contributed by atoms with Crippen molar-refractivity contribution < 1.29 is 31.2 Å². The summed E-state index contributed by atoms with van der Waals surface area (Å²) in [6, 6.07) is 13.3. The molecule has 1 atom stereocenters. The highest BCUT2D eigenvalue weighted by atomic mass is 32.2. The van der Waals surface area contributed by atoms with Crippen LogP contribution in [-0.2, 0) is 16.2 Å². The van der Waals surface area contributed by atoms with Crippen LogP contribution in [-0.4, -0.2) is 44.5 Å². The molecule has 2 heterocycles. The fraction of sp³-hybridized carbons (Fsp3) is 0.208. The molecule has 1 unspecified atom stereocenters. The summed E-state index contributed by atoms with van der Waals surface area (Å²) in [5.41, 5.74) is 3.02. The monoisotopic (exact) mass is 548 g/mol. The molecule has 0 spiro atoms. The van der Waals surface area contributed by atoms with E-state index in [1.54, 1.807) is 6.20 Å². The van der Waals surface area contributed by atoms with Crippen LogP contribution in [0, 0.1) is 0 Å². The zero-order chi connectivity index (χ0) is 27.3. The van der Waals surface area contributed by atoms with E-state index in [1.807, 2.05) is 23.1 Å². The van der Waals surface area contributed by atoms with E-state index in [0.29, 0.717) is 25.6 Å². The van der Waals surface area contributed by atoms with Crippen LogP contribution in [0.1, 0.15) is 22.3 Å². The zero-order valence-electron chi connectivity index (χ0n) is 19.7. The van der Waals surface area contributed by atoms with Gasteiger partial charge >= 0.3 is 12.2 Å². The normalized spacial score (nSPS) is 15.6. The van der Waals surface area contributed by atoms with Crippen LogP contribution in [0.25, 0.3) is 0 Å². The van der Waals surface area contributed by atoms with Crippen molar-refractivity contribution in [2.45, 2.75) is 23.5 Å². The number of rotatable bonds is 6. The minimum Gasteiger partial charge on any atom is -0.354 e. The molecule has 2 aromatic carbocycles. The minimum absolute atomic E-state index is 0.0978. The van der Waals surface area contributed by atoms with Crippen LogP contribution in [0.5, 0.6) is 0 Å². The van der Waals surface area contributed by atoms with E-state index in [0.717, 1.165) is 24.0 Å². The fourth-order valence-corrected chi connectivity index (χ4v) is 4.91. The summed E-state index contributed by atoms with van der Waals surface area (Å²) in [6.07, 6.45) is -2.29. The van der Waals surface area contributed by atoms with Gasteiger partial charge in [0, 0.05) is 36.6 Å². The first-order valence-electron chi connectivity index (χ1n) is 11.3. The maximum atomic E-state index is 12.9. The van der Waals surface area contributed by atoms with Crippen molar-refractivity contribution >= 4 is 33.5 Å². The molecular formula is C24H23F3N6O4S. The highest BCUT2D eigenvalue weighted by molar-refractivity contribution is 7.92. The highest BCUT2D eigenvalue weighted by Crippen LogP contribution is 2.31. The molecule has 1 aliphatic rings. The van der Waals surface area contributed by atoms with E-state index in [1.165, 1.54) is 24.3 Å². The molecular weight excluding hydrogens is 525 g/mol. The Balaban J connectivity index is 1.33. The third-order valence-electron chi connectivity index (χ3n) is 5.63. The molecule has 1 aromatic heterocycles. The highest BCUT2D eigenvalue weighted by Gasteiger charge is 2.31. The second-order valence-electron chi connectivity index (χ2n) is 8.38. The second kappa shape index (κ2) is 11.0. The molecule has 3 amide bonds. The largest absolute Gasteiger partial charge is 0.416 e. The van der Waals surface area contributed by atoms with Crippen LogP contribution in [0.2, 0.25) is 0 Å². The van der Waals surface area contributed by atoms with Gasteiger partial charge in [0.2, 0.25) is 0 Å². The van der Waals surface area contributed by atoms with Crippen molar-refractivity contribution in [3.8, 4) is 0 Å². The number of sulfonamides is 1. The first-order valence-corrected chi connectivity index (χ1v) is 12.8. The molecule has 0 radical (unpaired) electrons. The quantitative estimate of drug-likeness (QED) is 0.350. The summed E-state index contributed by atoms with van der Waals surface area (Å²) >= 11 is 0. The van der Waals surface area contributed by atoms with Gasteiger partial charge in [0.15, 0.2) is 0 Å². The lowest BCUT2D eigenvalue weighted by Crippen LogP contribution is -2.50. The Bertz CT molecular complexity index is 1420. The number of nitrogens with zero attached hydrogens (tertiary/aromatic N) is 2. The van der Waals surface area contributed by atoms with Crippen molar-refractivity contribution in [2.24, 2.45) is 0 Å². The molecule has 0 aliphatic carbocycles.